The molecule has 0 rings (SSSR count). The number of carbonyl (C=O) groups excluding carboxylic acids is 1. The number of rotatable bonds is 11. The topological polar surface area (TPSA) is 50.1 Å². The molecule has 0 aliphatic carbocycles. The second-order valence-corrected chi connectivity index (χ2v) is 7.41. The van der Waals surface area contributed by atoms with Crippen LogP contribution >= 0.6 is 0 Å². The second kappa shape index (κ2) is 10.6. The fourth-order valence-electron chi connectivity index (χ4n) is 3.06. The average molecular weight is 309 g/mol. The molecule has 3 heteroatoms. The van der Waals surface area contributed by atoms with E-state index in [1.807, 2.05) is 6.92 Å². The standard InChI is InChI=1S/C19H35NO2/c1-7-8-9-10-11-22-18(21)19(14-20,13-16(4)5)17(6)12-15(2)3/h15-17H,7-13H2,1-6H3. The van der Waals surface area contributed by atoms with Crippen molar-refractivity contribution in [2.45, 2.75) is 80.1 Å². The Kier molecular flexibility index (Phi) is 10.1. The van der Waals surface area contributed by atoms with Crippen LogP contribution in [-0.2, 0) is 9.53 Å². The highest BCUT2D eigenvalue weighted by atomic mass is 16.5. The molecule has 0 aliphatic heterocycles. The largest absolute Gasteiger partial charge is 0.464 e. The number of hydrogen-bond donors (Lipinski definition) is 0. The summed E-state index contributed by atoms with van der Waals surface area (Å²) < 4.78 is 5.49. The summed E-state index contributed by atoms with van der Waals surface area (Å²) in [4.78, 5) is 12.6. The molecule has 0 heterocycles. The van der Waals surface area contributed by atoms with Crippen molar-refractivity contribution in [2.75, 3.05) is 6.61 Å². The molecule has 0 bridgehead atoms. The lowest BCUT2D eigenvalue weighted by Crippen LogP contribution is -2.39. The summed E-state index contributed by atoms with van der Waals surface area (Å²) in [5.41, 5.74) is -0.997. The van der Waals surface area contributed by atoms with Gasteiger partial charge in [-0.25, -0.2) is 0 Å². The van der Waals surface area contributed by atoms with Crippen LogP contribution in [0.3, 0.4) is 0 Å². The highest BCUT2D eigenvalue weighted by Gasteiger charge is 2.45. The Labute approximate surface area is 137 Å². The molecule has 0 N–H and O–H groups in total. The minimum absolute atomic E-state index is 0.0167. The van der Waals surface area contributed by atoms with Gasteiger partial charge >= 0.3 is 5.97 Å². The number of ether oxygens (including phenoxy) is 1. The molecule has 0 fully saturated rings. The predicted molar refractivity (Wildman–Crippen MR) is 91.2 cm³/mol. The van der Waals surface area contributed by atoms with Crippen LogP contribution in [0.5, 0.6) is 0 Å². The number of carbonyl (C=O) groups is 1. The lowest BCUT2D eigenvalue weighted by molar-refractivity contribution is -0.156. The molecule has 0 radical (unpaired) electrons. The van der Waals surface area contributed by atoms with Crippen LogP contribution in [0, 0.1) is 34.5 Å². The van der Waals surface area contributed by atoms with E-state index in [2.05, 4.69) is 40.7 Å². The van der Waals surface area contributed by atoms with Gasteiger partial charge < -0.3 is 4.74 Å². The maximum absolute atomic E-state index is 12.6. The van der Waals surface area contributed by atoms with E-state index in [9.17, 15) is 10.1 Å². The van der Waals surface area contributed by atoms with Gasteiger partial charge in [-0.1, -0.05) is 60.8 Å². The molecular weight excluding hydrogens is 274 g/mol. The predicted octanol–water partition coefficient (Wildman–Crippen LogP) is 5.35. The highest BCUT2D eigenvalue weighted by Crippen LogP contribution is 2.39. The van der Waals surface area contributed by atoms with E-state index in [0.717, 1.165) is 32.1 Å². The van der Waals surface area contributed by atoms with Crippen molar-refractivity contribution in [3.05, 3.63) is 0 Å². The number of esters is 1. The Morgan fingerprint density at radius 1 is 1.09 bits per heavy atom. The Hall–Kier alpha value is -1.04. The van der Waals surface area contributed by atoms with Gasteiger partial charge in [-0.3, -0.25) is 4.79 Å². The lowest BCUT2D eigenvalue weighted by Gasteiger charge is -2.33. The van der Waals surface area contributed by atoms with E-state index < -0.39 is 5.41 Å². The molecule has 2 unspecified atom stereocenters. The third-order valence-electron chi connectivity index (χ3n) is 4.19. The van der Waals surface area contributed by atoms with Crippen LogP contribution in [0.4, 0.5) is 0 Å². The van der Waals surface area contributed by atoms with Crippen LogP contribution in [-0.4, -0.2) is 12.6 Å². The Morgan fingerprint density at radius 2 is 1.73 bits per heavy atom. The minimum atomic E-state index is -0.997. The van der Waals surface area contributed by atoms with E-state index in [1.165, 1.54) is 0 Å². The molecule has 0 saturated carbocycles. The van der Waals surface area contributed by atoms with Gasteiger partial charge in [0.25, 0.3) is 0 Å². The number of nitriles is 1. The first-order chi connectivity index (χ1) is 10.3. The van der Waals surface area contributed by atoms with Gasteiger partial charge in [-0.15, -0.1) is 0 Å². The molecule has 0 aromatic heterocycles. The lowest BCUT2D eigenvalue weighted by atomic mass is 9.69. The van der Waals surface area contributed by atoms with E-state index in [1.54, 1.807) is 0 Å². The van der Waals surface area contributed by atoms with E-state index in [0.29, 0.717) is 24.9 Å². The molecule has 2 atom stereocenters. The van der Waals surface area contributed by atoms with Gasteiger partial charge in [-0.2, -0.15) is 5.26 Å². The van der Waals surface area contributed by atoms with Crippen molar-refractivity contribution >= 4 is 5.97 Å². The molecule has 0 aromatic rings. The van der Waals surface area contributed by atoms with Gasteiger partial charge in [0.05, 0.1) is 12.7 Å². The van der Waals surface area contributed by atoms with Crippen molar-refractivity contribution in [2.24, 2.45) is 23.2 Å². The zero-order chi connectivity index (χ0) is 17.2. The third kappa shape index (κ3) is 6.81. The minimum Gasteiger partial charge on any atom is -0.464 e. The summed E-state index contributed by atoms with van der Waals surface area (Å²) in [7, 11) is 0. The zero-order valence-electron chi connectivity index (χ0n) is 15.4. The molecule has 0 aliphatic rings. The molecule has 3 nitrogen and oxygen atoms in total. The second-order valence-electron chi connectivity index (χ2n) is 7.41. The van der Waals surface area contributed by atoms with Crippen molar-refractivity contribution in [1.29, 1.82) is 5.26 Å². The summed E-state index contributed by atoms with van der Waals surface area (Å²) in [6, 6.07) is 2.33. The maximum Gasteiger partial charge on any atom is 0.326 e. The van der Waals surface area contributed by atoms with E-state index >= 15 is 0 Å². The van der Waals surface area contributed by atoms with Gasteiger partial charge in [-0.05, 0) is 37.0 Å². The van der Waals surface area contributed by atoms with E-state index in [4.69, 9.17) is 4.74 Å². The van der Waals surface area contributed by atoms with Gasteiger partial charge in [0.1, 0.15) is 0 Å². The average Bonchev–Trinajstić information content (AvgIpc) is 2.43. The maximum atomic E-state index is 12.6. The molecule has 0 saturated heterocycles. The molecular formula is C19H35NO2. The summed E-state index contributed by atoms with van der Waals surface area (Å²) >= 11 is 0. The monoisotopic (exact) mass is 309 g/mol. The number of nitrogens with zero attached hydrogens (tertiary/aromatic N) is 1. The highest BCUT2D eigenvalue weighted by molar-refractivity contribution is 5.80. The van der Waals surface area contributed by atoms with Crippen LogP contribution in [0.15, 0.2) is 0 Å². The first kappa shape index (κ1) is 21.0. The van der Waals surface area contributed by atoms with E-state index in [-0.39, 0.29) is 11.9 Å². The van der Waals surface area contributed by atoms with Gasteiger partial charge in [0.2, 0.25) is 0 Å². The quantitative estimate of drug-likeness (QED) is 0.382. The third-order valence-corrected chi connectivity index (χ3v) is 4.19. The fraction of sp³-hybridized carbons (Fsp3) is 0.895. The first-order valence-electron chi connectivity index (χ1n) is 8.88. The number of hydrogen-bond acceptors (Lipinski definition) is 3. The van der Waals surface area contributed by atoms with Gasteiger partial charge in [0.15, 0.2) is 5.41 Å². The van der Waals surface area contributed by atoms with Crippen LogP contribution < -0.4 is 0 Å². The first-order valence-corrected chi connectivity index (χ1v) is 8.88. The molecule has 0 spiro atoms. The van der Waals surface area contributed by atoms with Crippen molar-refractivity contribution in [3.8, 4) is 6.07 Å². The zero-order valence-corrected chi connectivity index (χ0v) is 15.4. The Morgan fingerprint density at radius 3 is 2.18 bits per heavy atom. The van der Waals surface area contributed by atoms with Crippen molar-refractivity contribution in [1.82, 2.24) is 0 Å². The SMILES string of the molecule is CCCCCCOC(=O)C(C#N)(CC(C)C)C(C)CC(C)C. The van der Waals surface area contributed by atoms with Crippen LogP contribution in [0.1, 0.15) is 80.1 Å². The van der Waals surface area contributed by atoms with Gasteiger partial charge in [0, 0.05) is 0 Å². The molecule has 128 valence electrons. The number of unbranched alkanes of at least 4 members (excludes halogenated alkanes) is 3. The summed E-state index contributed by atoms with van der Waals surface area (Å²) in [5.74, 6) is 0.463. The normalized spacial score (nSPS) is 15.4. The smallest absolute Gasteiger partial charge is 0.326 e. The van der Waals surface area contributed by atoms with Crippen LogP contribution in [0.2, 0.25) is 0 Å². The molecule has 22 heavy (non-hydrogen) atoms. The molecule has 0 aromatic carbocycles. The summed E-state index contributed by atoms with van der Waals surface area (Å²) in [6.45, 7) is 13.0. The molecule has 0 amide bonds. The van der Waals surface area contributed by atoms with Crippen molar-refractivity contribution < 1.29 is 9.53 Å². The van der Waals surface area contributed by atoms with Crippen molar-refractivity contribution in [3.63, 3.8) is 0 Å². The van der Waals surface area contributed by atoms with Crippen LogP contribution in [0.25, 0.3) is 0 Å². The Bertz CT molecular complexity index is 357. The summed E-state index contributed by atoms with van der Waals surface area (Å²) in [6.07, 6.45) is 5.73. The summed E-state index contributed by atoms with van der Waals surface area (Å²) in [5, 5.41) is 9.77. The Balaban J connectivity index is 4.89. The fourth-order valence-corrected chi connectivity index (χ4v) is 3.06.